The van der Waals surface area contributed by atoms with E-state index in [9.17, 15) is 0 Å². The fourth-order valence-corrected chi connectivity index (χ4v) is 2.22. The Bertz CT molecular complexity index is 544. The van der Waals surface area contributed by atoms with Crippen LogP contribution in [0.3, 0.4) is 0 Å². The van der Waals surface area contributed by atoms with Gasteiger partial charge in [-0.05, 0) is 25.0 Å². The second-order valence-corrected chi connectivity index (χ2v) is 6.05. The SMILES string of the molecule is Cc1ccc2c(C(C)C)c(C(C)(C)C)oc2n1. The van der Waals surface area contributed by atoms with Crippen molar-refractivity contribution in [2.75, 3.05) is 0 Å². The van der Waals surface area contributed by atoms with Crippen LogP contribution in [0.4, 0.5) is 0 Å². The van der Waals surface area contributed by atoms with Gasteiger partial charge in [0.15, 0.2) is 0 Å². The summed E-state index contributed by atoms with van der Waals surface area (Å²) in [5.41, 5.74) is 3.11. The average Bonchev–Trinajstić information content (AvgIpc) is 2.55. The molecule has 0 atom stereocenters. The van der Waals surface area contributed by atoms with Crippen LogP contribution in [0.25, 0.3) is 11.1 Å². The second kappa shape index (κ2) is 3.86. The van der Waals surface area contributed by atoms with Crippen molar-refractivity contribution in [2.45, 2.75) is 52.9 Å². The fourth-order valence-electron chi connectivity index (χ4n) is 2.22. The summed E-state index contributed by atoms with van der Waals surface area (Å²) >= 11 is 0. The van der Waals surface area contributed by atoms with Crippen LogP contribution in [-0.2, 0) is 5.41 Å². The minimum Gasteiger partial charge on any atom is -0.442 e. The number of furan rings is 1. The van der Waals surface area contributed by atoms with E-state index in [-0.39, 0.29) is 5.41 Å². The van der Waals surface area contributed by atoms with E-state index >= 15 is 0 Å². The van der Waals surface area contributed by atoms with Crippen molar-refractivity contribution in [3.8, 4) is 0 Å². The molecule has 92 valence electrons. The first-order valence-corrected chi connectivity index (χ1v) is 6.21. The van der Waals surface area contributed by atoms with Crippen LogP contribution in [0.2, 0.25) is 0 Å². The quantitative estimate of drug-likeness (QED) is 0.719. The van der Waals surface area contributed by atoms with Gasteiger partial charge in [0.05, 0.1) is 0 Å². The van der Waals surface area contributed by atoms with Gasteiger partial charge in [-0.1, -0.05) is 34.6 Å². The van der Waals surface area contributed by atoms with Crippen LogP contribution in [0.5, 0.6) is 0 Å². The van der Waals surface area contributed by atoms with Crippen LogP contribution >= 0.6 is 0 Å². The van der Waals surface area contributed by atoms with Gasteiger partial charge in [-0.2, -0.15) is 0 Å². The third kappa shape index (κ3) is 2.08. The largest absolute Gasteiger partial charge is 0.442 e. The zero-order valence-electron chi connectivity index (χ0n) is 11.6. The molecule has 0 fully saturated rings. The fraction of sp³-hybridized carbons (Fsp3) is 0.533. The normalized spacial score (nSPS) is 12.6. The molecular formula is C15H21NO. The van der Waals surface area contributed by atoms with Gasteiger partial charge in [0, 0.05) is 22.1 Å². The summed E-state index contributed by atoms with van der Waals surface area (Å²) in [6.07, 6.45) is 0. The van der Waals surface area contributed by atoms with Gasteiger partial charge in [0.2, 0.25) is 5.71 Å². The predicted molar refractivity (Wildman–Crippen MR) is 71.5 cm³/mol. The van der Waals surface area contributed by atoms with Gasteiger partial charge in [-0.3, -0.25) is 0 Å². The lowest BCUT2D eigenvalue weighted by molar-refractivity contribution is 0.417. The molecule has 2 aromatic rings. The van der Waals surface area contributed by atoms with E-state index in [4.69, 9.17) is 4.42 Å². The van der Waals surface area contributed by atoms with E-state index in [1.54, 1.807) is 0 Å². The molecule has 0 saturated carbocycles. The highest BCUT2D eigenvalue weighted by atomic mass is 16.3. The highest BCUT2D eigenvalue weighted by Crippen LogP contribution is 2.37. The van der Waals surface area contributed by atoms with Gasteiger partial charge in [0.25, 0.3) is 0 Å². The summed E-state index contributed by atoms with van der Waals surface area (Å²) in [4.78, 5) is 4.49. The van der Waals surface area contributed by atoms with Crippen molar-refractivity contribution in [3.05, 3.63) is 29.2 Å². The maximum atomic E-state index is 5.99. The molecule has 2 aromatic heterocycles. The lowest BCUT2D eigenvalue weighted by Crippen LogP contribution is -2.12. The van der Waals surface area contributed by atoms with Crippen LogP contribution < -0.4 is 0 Å². The smallest absolute Gasteiger partial charge is 0.226 e. The molecule has 0 bridgehead atoms. The molecule has 2 rings (SSSR count). The van der Waals surface area contributed by atoms with Gasteiger partial charge >= 0.3 is 0 Å². The molecule has 0 unspecified atom stereocenters. The van der Waals surface area contributed by atoms with E-state index in [1.165, 1.54) is 5.56 Å². The number of hydrogen-bond acceptors (Lipinski definition) is 2. The topological polar surface area (TPSA) is 26.0 Å². The van der Waals surface area contributed by atoms with Crippen molar-refractivity contribution >= 4 is 11.1 Å². The first kappa shape index (κ1) is 12.2. The zero-order valence-corrected chi connectivity index (χ0v) is 11.6. The third-order valence-corrected chi connectivity index (χ3v) is 2.99. The van der Waals surface area contributed by atoms with Crippen molar-refractivity contribution in [1.82, 2.24) is 4.98 Å². The summed E-state index contributed by atoms with van der Waals surface area (Å²) in [5, 5.41) is 1.16. The number of fused-ring (bicyclic) bond motifs is 1. The molecule has 0 radical (unpaired) electrons. The highest BCUT2D eigenvalue weighted by Gasteiger charge is 2.27. The number of pyridine rings is 1. The van der Waals surface area contributed by atoms with E-state index in [2.05, 4.69) is 51.7 Å². The molecule has 0 aliphatic rings. The number of rotatable bonds is 1. The molecule has 0 aliphatic carbocycles. The number of hydrogen-bond donors (Lipinski definition) is 0. The van der Waals surface area contributed by atoms with Gasteiger partial charge < -0.3 is 4.42 Å². The van der Waals surface area contributed by atoms with Crippen molar-refractivity contribution in [1.29, 1.82) is 0 Å². The Labute approximate surface area is 103 Å². The summed E-state index contributed by atoms with van der Waals surface area (Å²) < 4.78 is 5.99. The lowest BCUT2D eigenvalue weighted by atomic mass is 9.86. The molecule has 0 N–H and O–H groups in total. The predicted octanol–water partition coefficient (Wildman–Crippen LogP) is 4.56. The Kier molecular flexibility index (Phi) is 2.76. The van der Waals surface area contributed by atoms with E-state index in [0.29, 0.717) is 5.92 Å². The van der Waals surface area contributed by atoms with Gasteiger partial charge in [0.1, 0.15) is 5.76 Å². The van der Waals surface area contributed by atoms with Crippen molar-refractivity contribution in [2.24, 2.45) is 0 Å². The minimum atomic E-state index is 0.0220. The molecule has 2 nitrogen and oxygen atoms in total. The molecule has 17 heavy (non-hydrogen) atoms. The molecule has 2 heterocycles. The Morgan fingerprint density at radius 1 is 1.18 bits per heavy atom. The summed E-state index contributed by atoms with van der Waals surface area (Å²) in [6, 6.07) is 4.18. The van der Waals surface area contributed by atoms with E-state index < -0.39 is 0 Å². The monoisotopic (exact) mass is 231 g/mol. The van der Waals surface area contributed by atoms with Crippen molar-refractivity contribution < 1.29 is 4.42 Å². The van der Waals surface area contributed by atoms with Crippen molar-refractivity contribution in [3.63, 3.8) is 0 Å². The molecule has 0 saturated heterocycles. The molecular weight excluding hydrogens is 210 g/mol. The number of aromatic nitrogens is 1. The second-order valence-electron chi connectivity index (χ2n) is 6.05. The highest BCUT2D eigenvalue weighted by molar-refractivity contribution is 5.80. The summed E-state index contributed by atoms with van der Waals surface area (Å²) in [6.45, 7) is 13.0. The van der Waals surface area contributed by atoms with E-state index in [0.717, 1.165) is 22.6 Å². The Morgan fingerprint density at radius 2 is 1.82 bits per heavy atom. The number of aryl methyl sites for hydroxylation is 1. The minimum absolute atomic E-state index is 0.0220. The van der Waals surface area contributed by atoms with Gasteiger partial charge in [-0.15, -0.1) is 0 Å². The third-order valence-electron chi connectivity index (χ3n) is 2.99. The Morgan fingerprint density at radius 3 is 2.35 bits per heavy atom. The molecule has 2 heteroatoms. The lowest BCUT2D eigenvalue weighted by Gasteiger charge is -2.18. The number of nitrogens with zero attached hydrogens (tertiary/aromatic N) is 1. The van der Waals surface area contributed by atoms with E-state index in [1.807, 2.05) is 6.92 Å². The maximum Gasteiger partial charge on any atom is 0.226 e. The van der Waals surface area contributed by atoms with Gasteiger partial charge in [-0.25, -0.2) is 4.98 Å². The maximum absolute atomic E-state index is 5.99. The molecule has 0 spiro atoms. The average molecular weight is 231 g/mol. The molecule has 0 amide bonds. The van der Waals surface area contributed by atoms with Crippen LogP contribution in [0.1, 0.15) is 57.6 Å². The van der Waals surface area contributed by atoms with Crippen LogP contribution in [0, 0.1) is 6.92 Å². The Balaban J connectivity index is 2.80. The molecule has 0 aliphatic heterocycles. The van der Waals surface area contributed by atoms with Crippen LogP contribution in [-0.4, -0.2) is 4.98 Å². The van der Waals surface area contributed by atoms with Crippen LogP contribution in [0.15, 0.2) is 16.5 Å². The first-order chi connectivity index (χ1) is 7.80. The zero-order chi connectivity index (χ0) is 12.8. The summed E-state index contributed by atoms with van der Waals surface area (Å²) in [5.74, 6) is 1.52. The Hall–Kier alpha value is -1.31. The molecule has 0 aromatic carbocycles. The first-order valence-electron chi connectivity index (χ1n) is 6.21. The standard InChI is InChI=1S/C15H21NO/c1-9(2)12-11-8-7-10(3)16-14(11)17-13(12)15(4,5)6/h7-9H,1-6H3. The summed E-state index contributed by atoms with van der Waals surface area (Å²) in [7, 11) is 0.